The second-order valence-corrected chi connectivity index (χ2v) is 5.57. The first-order valence-electron chi connectivity index (χ1n) is 7.41. The maximum atomic E-state index is 12.7. The highest BCUT2D eigenvalue weighted by Gasteiger charge is 2.13. The van der Waals surface area contributed by atoms with E-state index in [9.17, 15) is 4.79 Å². The van der Waals surface area contributed by atoms with Crippen molar-refractivity contribution in [2.75, 3.05) is 5.32 Å². The molecule has 2 aromatic carbocycles. The van der Waals surface area contributed by atoms with Gasteiger partial charge in [-0.05, 0) is 35.7 Å². The van der Waals surface area contributed by atoms with Gasteiger partial charge in [0.15, 0.2) is 0 Å². The van der Waals surface area contributed by atoms with E-state index >= 15 is 0 Å². The summed E-state index contributed by atoms with van der Waals surface area (Å²) in [5.41, 5.74) is 3.47. The minimum absolute atomic E-state index is 0.105. The second-order valence-electron chi connectivity index (χ2n) is 5.57. The number of fused-ring (bicyclic) bond motifs is 1. The fourth-order valence-corrected chi connectivity index (χ4v) is 2.61. The molecule has 1 aromatic heterocycles. The Hall–Kier alpha value is -2.68. The first-order chi connectivity index (χ1) is 10.7. The second kappa shape index (κ2) is 5.98. The largest absolute Gasteiger partial charge is 0.322 e. The highest BCUT2D eigenvalue weighted by atomic mass is 16.1. The molecule has 3 heteroatoms. The van der Waals surface area contributed by atoms with Gasteiger partial charge in [-0.1, -0.05) is 44.2 Å². The van der Waals surface area contributed by atoms with Gasteiger partial charge in [-0.2, -0.15) is 0 Å². The van der Waals surface area contributed by atoms with Crippen molar-refractivity contribution in [1.29, 1.82) is 0 Å². The molecule has 0 fully saturated rings. The van der Waals surface area contributed by atoms with Gasteiger partial charge in [0.05, 0.1) is 5.52 Å². The molecule has 0 atom stereocenters. The molecule has 0 bridgehead atoms. The number of nitrogens with one attached hydrogen (secondary N) is 1. The number of aromatic nitrogens is 1. The minimum Gasteiger partial charge on any atom is -0.322 e. The van der Waals surface area contributed by atoms with Crippen LogP contribution in [0.25, 0.3) is 10.9 Å². The van der Waals surface area contributed by atoms with Crippen LogP contribution in [0.3, 0.4) is 0 Å². The van der Waals surface area contributed by atoms with Crippen molar-refractivity contribution >= 4 is 22.5 Å². The van der Waals surface area contributed by atoms with E-state index in [0.29, 0.717) is 11.5 Å². The lowest BCUT2D eigenvalue weighted by molar-refractivity contribution is 0.102. The number of carbonyl (C=O) groups excluding carboxylic acids is 1. The molecule has 0 unspecified atom stereocenters. The number of carbonyl (C=O) groups is 1. The van der Waals surface area contributed by atoms with Gasteiger partial charge in [0.2, 0.25) is 0 Å². The van der Waals surface area contributed by atoms with Crippen molar-refractivity contribution in [3.63, 3.8) is 0 Å². The smallest absolute Gasteiger partial charge is 0.256 e. The quantitative estimate of drug-likeness (QED) is 0.765. The Kier molecular flexibility index (Phi) is 3.88. The highest BCUT2D eigenvalue weighted by molar-refractivity contribution is 6.12. The van der Waals surface area contributed by atoms with E-state index in [1.165, 1.54) is 0 Å². The van der Waals surface area contributed by atoms with Crippen molar-refractivity contribution in [2.45, 2.75) is 19.8 Å². The molecule has 22 heavy (non-hydrogen) atoms. The van der Waals surface area contributed by atoms with Gasteiger partial charge < -0.3 is 5.32 Å². The fourth-order valence-electron chi connectivity index (χ4n) is 2.61. The number of anilines is 1. The predicted molar refractivity (Wildman–Crippen MR) is 90.2 cm³/mol. The molecule has 0 aliphatic carbocycles. The number of para-hydroxylation sites is 1. The molecular formula is C19H18N2O. The number of rotatable bonds is 3. The number of pyridine rings is 1. The van der Waals surface area contributed by atoms with Gasteiger partial charge in [0.1, 0.15) is 0 Å². The Morgan fingerprint density at radius 2 is 1.82 bits per heavy atom. The summed E-state index contributed by atoms with van der Waals surface area (Å²) in [6.07, 6.45) is 1.73. The van der Waals surface area contributed by atoms with E-state index < -0.39 is 0 Å². The van der Waals surface area contributed by atoms with E-state index in [1.807, 2.05) is 54.6 Å². The molecule has 0 aliphatic heterocycles. The fraction of sp³-hybridized carbons (Fsp3) is 0.158. The summed E-state index contributed by atoms with van der Waals surface area (Å²) in [7, 11) is 0. The maximum Gasteiger partial charge on any atom is 0.256 e. The number of nitrogens with zero attached hydrogens (tertiary/aromatic N) is 1. The van der Waals surface area contributed by atoms with Crippen LogP contribution in [0.2, 0.25) is 0 Å². The Morgan fingerprint density at radius 1 is 1.00 bits per heavy atom. The van der Waals surface area contributed by atoms with Crippen LogP contribution in [0.1, 0.15) is 35.7 Å². The molecule has 1 N–H and O–H groups in total. The Labute approximate surface area is 130 Å². The molecule has 0 saturated carbocycles. The third kappa shape index (κ3) is 2.70. The molecule has 1 heterocycles. The number of benzene rings is 2. The summed E-state index contributed by atoms with van der Waals surface area (Å²) < 4.78 is 0. The molecule has 1 amide bonds. The molecule has 3 nitrogen and oxygen atoms in total. The lowest BCUT2D eigenvalue weighted by Gasteiger charge is -2.14. The van der Waals surface area contributed by atoms with Gasteiger partial charge in [-0.15, -0.1) is 0 Å². The SMILES string of the molecule is CC(C)c1ccccc1NC(=O)c1cccc2ncccc12. The molecule has 110 valence electrons. The van der Waals surface area contributed by atoms with Crippen molar-refractivity contribution in [1.82, 2.24) is 4.98 Å². The van der Waals surface area contributed by atoms with E-state index in [0.717, 1.165) is 22.2 Å². The van der Waals surface area contributed by atoms with E-state index in [2.05, 4.69) is 24.1 Å². The van der Waals surface area contributed by atoms with E-state index in [-0.39, 0.29) is 5.91 Å². The van der Waals surface area contributed by atoms with Gasteiger partial charge in [-0.3, -0.25) is 9.78 Å². The van der Waals surface area contributed by atoms with Crippen LogP contribution in [0.4, 0.5) is 5.69 Å². The number of hydrogen-bond acceptors (Lipinski definition) is 2. The zero-order valence-electron chi connectivity index (χ0n) is 12.7. The first kappa shape index (κ1) is 14.3. The summed E-state index contributed by atoms with van der Waals surface area (Å²) in [5, 5.41) is 3.90. The van der Waals surface area contributed by atoms with Crippen molar-refractivity contribution < 1.29 is 4.79 Å². The van der Waals surface area contributed by atoms with E-state index in [4.69, 9.17) is 0 Å². The zero-order chi connectivity index (χ0) is 15.5. The zero-order valence-corrected chi connectivity index (χ0v) is 12.7. The molecule has 3 rings (SSSR count). The number of amides is 1. The lowest BCUT2D eigenvalue weighted by Crippen LogP contribution is -2.14. The Morgan fingerprint density at radius 3 is 2.64 bits per heavy atom. The van der Waals surface area contributed by atoms with E-state index in [1.54, 1.807) is 6.20 Å². The summed E-state index contributed by atoms with van der Waals surface area (Å²) in [6.45, 7) is 4.24. The van der Waals surface area contributed by atoms with Gasteiger partial charge in [-0.25, -0.2) is 0 Å². The normalized spacial score (nSPS) is 10.9. The van der Waals surface area contributed by atoms with Gasteiger partial charge >= 0.3 is 0 Å². The highest BCUT2D eigenvalue weighted by Crippen LogP contribution is 2.25. The first-order valence-corrected chi connectivity index (χ1v) is 7.41. The average Bonchev–Trinajstić information content (AvgIpc) is 2.54. The van der Waals surface area contributed by atoms with Crippen molar-refractivity contribution in [3.05, 3.63) is 71.9 Å². The van der Waals surface area contributed by atoms with Crippen LogP contribution in [0.15, 0.2) is 60.8 Å². The van der Waals surface area contributed by atoms with Crippen LogP contribution in [0.5, 0.6) is 0 Å². The summed E-state index contributed by atoms with van der Waals surface area (Å²) >= 11 is 0. The third-order valence-electron chi connectivity index (χ3n) is 3.72. The number of hydrogen-bond donors (Lipinski definition) is 1. The van der Waals surface area contributed by atoms with Crippen molar-refractivity contribution in [3.8, 4) is 0 Å². The molecule has 3 aromatic rings. The average molecular weight is 290 g/mol. The van der Waals surface area contributed by atoms with Gasteiger partial charge in [0.25, 0.3) is 5.91 Å². The molecule has 0 radical (unpaired) electrons. The summed E-state index contributed by atoms with van der Waals surface area (Å²) in [5.74, 6) is 0.248. The van der Waals surface area contributed by atoms with Crippen LogP contribution in [-0.2, 0) is 0 Å². The van der Waals surface area contributed by atoms with Crippen LogP contribution in [0, 0.1) is 0 Å². The predicted octanol–water partition coefficient (Wildman–Crippen LogP) is 4.61. The lowest BCUT2D eigenvalue weighted by atomic mass is 10.0. The molecule has 0 spiro atoms. The molecule has 0 aliphatic rings. The molecular weight excluding hydrogens is 272 g/mol. The maximum absolute atomic E-state index is 12.7. The van der Waals surface area contributed by atoms with Crippen LogP contribution >= 0.6 is 0 Å². The third-order valence-corrected chi connectivity index (χ3v) is 3.72. The van der Waals surface area contributed by atoms with Crippen LogP contribution in [-0.4, -0.2) is 10.9 Å². The summed E-state index contributed by atoms with van der Waals surface area (Å²) in [4.78, 5) is 17.0. The van der Waals surface area contributed by atoms with Crippen LogP contribution < -0.4 is 5.32 Å². The van der Waals surface area contributed by atoms with Crippen molar-refractivity contribution in [2.24, 2.45) is 0 Å². The Balaban J connectivity index is 1.98. The Bertz CT molecular complexity index is 819. The monoisotopic (exact) mass is 290 g/mol. The van der Waals surface area contributed by atoms with Gasteiger partial charge in [0, 0.05) is 22.8 Å². The topological polar surface area (TPSA) is 42.0 Å². The summed E-state index contributed by atoms with van der Waals surface area (Å²) in [6, 6.07) is 17.3. The minimum atomic E-state index is -0.105. The molecule has 0 saturated heterocycles. The standard InChI is InChI=1S/C19H18N2O/c1-13(2)14-7-3-4-10-18(14)21-19(22)16-8-5-11-17-15(16)9-6-12-20-17/h3-13H,1-2H3,(H,21,22).